The molecule has 0 spiro atoms. The number of carbonyl (C=O) groups excluding carboxylic acids is 1. The number of halogens is 2. The molecule has 0 atom stereocenters. The number of carboxylic acids is 1. The summed E-state index contributed by atoms with van der Waals surface area (Å²) >= 11 is 12.5. The van der Waals surface area contributed by atoms with Crippen LogP contribution in [-0.4, -0.2) is 22.5 Å². The molecule has 3 rings (SSSR count). The first-order valence-electron chi connectivity index (χ1n) is 9.63. The van der Waals surface area contributed by atoms with Crippen molar-refractivity contribution >= 4 is 41.0 Å². The number of allylic oxidation sites excluding steroid dienone is 1. The van der Waals surface area contributed by atoms with Crippen LogP contribution in [-0.2, 0) is 4.79 Å². The third kappa shape index (κ3) is 5.69. The Morgan fingerprint density at radius 1 is 0.875 bits per heavy atom. The van der Waals surface area contributed by atoms with E-state index in [4.69, 9.17) is 32.7 Å². The molecule has 5 nitrogen and oxygen atoms in total. The summed E-state index contributed by atoms with van der Waals surface area (Å²) in [6.45, 7) is 2.81. The topological polar surface area (TPSA) is 72.8 Å². The fourth-order valence-corrected chi connectivity index (χ4v) is 3.08. The zero-order chi connectivity index (χ0) is 23.3. The third-order valence-electron chi connectivity index (χ3n) is 4.49. The predicted molar refractivity (Wildman–Crippen MR) is 125 cm³/mol. The van der Waals surface area contributed by atoms with Crippen LogP contribution in [0.1, 0.15) is 29.8 Å². The van der Waals surface area contributed by atoms with Gasteiger partial charge < -0.3 is 14.6 Å². The van der Waals surface area contributed by atoms with Gasteiger partial charge in [0.05, 0.1) is 5.02 Å². The molecule has 1 N–H and O–H groups in total. The summed E-state index contributed by atoms with van der Waals surface area (Å²) in [5, 5.41) is 9.43. The number of hydrogen-bond donors (Lipinski definition) is 1. The third-order valence-corrected chi connectivity index (χ3v) is 5.37. The largest absolute Gasteiger partial charge is 0.478 e. The van der Waals surface area contributed by atoms with Gasteiger partial charge in [-0.2, -0.15) is 0 Å². The molecule has 0 aliphatic heterocycles. The first-order chi connectivity index (χ1) is 15.2. The van der Waals surface area contributed by atoms with E-state index in [2.05, 4.69) is 0 Å². The molecular formula is C25H20Cl2O5. The molecule has 32 heavy (non-hydrogen) atoms. The summed E-state index contributed by atoms with van der Waals surface area (Å²) in [7, 11) is 0. The van der Waals surface area contributed by atoms with Crippen molar-refractivity contribution in [2.24, 2.45) is 0 Å². The Balaban J connectivity index is 1.71. The first kappa shape index (κ1) is 23.4. The Morgan fingerprint density at radius 3 is 2.12 bits per heavy atom. The molecule has 0 fully saturated rings. The van der Waals surface area contributed by atoms with Gasteiger partial charge in [-0.1, -0.05) is 41.4 Å². The van der Waals surface area contributed by atoms with Crippen LogP contribution in [0.4, 0.5) is 0 Å². The van der Waals surface area contributed by atoms with Crippen molar-refractivity contribution < 1.29 is 24.2 Å². The predicted octanol–water partition coefficient (Wildman–Crippen LogP) is 6.92. The highest BCUT2D eigenvalue weighted by Crippen LogP contribution is 2.37. The van der Waals surface area contributed by atoms with E-state index in [1.807, 2.05) is 30.3 Å². The van der Waals surface area contributed by atoms with Crippen LogP contribution in [0.3, 0.4) is 0 Å². The molecule has 0 aliphatic rings. The molecule has 3 aromatic carbocycles. The van der Waals surface area contributed by atoms with Crippen molar-refractivity contribution in [1.29, 1.82) is 0 Å². The minimum Gasteiger partial charge on any atom is -0.478 e. The Morgan fingerprint density at radius 2 is 1.50 bits per heavy atom. The molecule has 0 aliphatic carbocycles. The summed E-state index contributed by atoms with van der Waals surface area (Å²) in [6, 6.07) is 19.2. The van der Waals surface area contributed by atoms with Crippen LogP contribution in [0.5, 0.6) is 17.2 Å². The van der Waals surface area contributed by atoms with Crippen molar-refractivity contribution in [3.63, 3.8) is 0 Å². The Bertz CT molecular complexity index is 1150. The lowest BCUT2D eigenvalue weighted by atomic mass is 10.1. The van der Waals surface area contributed by atoms with E-state index >= 15 is 0 Å². The number of aliphatic carboxylic acids is 1. The number of hydrogen-bond acceptors (Lipinski definition) is 4. The Hall–Kier alpha value is -3.28. The zero-order valence-corrected chi connectivity index (χ0v) is 18.9. The first-order valence-corrected chi connectivity index (χ1v) is 10.4. The maximum absolute atomic E-state index is 12.5. The minimum atomic E-state index is -1.48. The van der Waals surface area contributed by atoms with E-state index in [0.29, 0.717) is 22.6 Å². The van der Waals surface area contributed by atoms with Gasteiger partial charge in [0.25, 0.3) is 0 Å². The second-order valence-corrected chi connectivity index (χ2v) is 8.09. The molecule has 0 saturated heterocycles. The van der Waals surface area contributed by atoms with E-state index in [9.17, 15) is 14.7 Å². The van der Waals surface area contributed by atoms with Gasteiger partial charge in [0.15, 0.2) is 11.4 Å². The molecule has 164 valence electrons. The number of carboxylic acid groups (broad SMARTS) is 1. The van der Waals surface area contributed by atoms with Crippen molar-refractivity contribution in [2.45, 2.75) is 19.4 Å². The number of carbonyl (C=O) groups is 2. The number of para-hydroxylation sites is 1. The van der Waals surface area contributed by atoms with Crippen molar-refractivity contribution in [2.75, 3.05) is 0 Å². The van der Waals surface area contributed by atoms with Crippen molar-refractivity contribution in [3.8, 4) is 17.2 Å². The Kier molecular flexibility index (Phi) is 7.23. The molecule has 0 saturated carbocycles. The van der Waals surface area contributed by atoms with Crippen molar-refractivity contribution in [3.05, 3.63) is 94.0 Å². The number of ether oxygens (including phenoxy) is 2. The highest BCUT2D eigenvalue weighted by molar-refractivity contribution is 6.43. The Labute approximate surface area is 195 Å². The zero-order valence-electron chi connectivity index (χ0n) is 17.3. The monoisotopic (exact) mass is 470 g/mol. The highest BCUT2D eigenvalue weighted by Gasteiger charge is 2.30. The normalized spacial score (nSPS) is 11.4. The van der Waals surface area contributed by atoms with Gasteiger partial charge in [0.2, 0.25) is 0 Å². The van der Waals surface area contributed by atoms with Crippen molar-refractivity contribution in [1.82, 2.24) is 0 Å². The maximum Gasteiger partial charge on any atom is 0.347 e. The number of rotatable bonds is 8. The molecule has 0 unspecified atom stereocenters. The van der Waals surface area contributed by atoms with Crippen LogP contribution in [0, 0.1) is 0 Å². The van der Waals surface area contributed by atoms with Gasteiger partial charge in [0, 0.05) is 5.56 Å². The minimum absolute atomic E-state index is 0.0676. The quantitative estimate of drug-likeness (QED) is 0.285. The average molecular weight is 471 g/mol. The van der Waals surface area contributed by atoms with Gasteiger partial charge in [-0.25, -0.2) is 4.79 Å². The summed E-state index contributed by atoms with van der Waals surface area (Å²) in [6.07, 6.45) is 2.92. The maximum atomic E-state index is 12.5. The highest BCUT2D eigenvalue weighted by atomic mass is 35.5. The average Bonchev–Trinajstić information content (AvgIpc) is 2.77. The summed E-state index contributed by atoms with van der Waals surface area (Å²) in [5.74, 6) is 0.0976. The molecule has 0 radical (unpaired) electrons. The van der Waals surface area contributed by atoms with Gasteiger partial charge in [-0.3, -0.25) is 4.79 Å². The number of benzene rings is 3. The van der Waals surface area contributed by atoms with Crippen LogP contribution < -0.4 is 9.47 Å². The van der Waals surface area contributed by atoms with E-state index in [0.717, 1.165) is 0 Å². The standard InChI is InChI=1S/C25H20Cl2O5/c1-25(2,24(29)30)32-21-15-11-17(22(26)23(21)27)10-14-20(28)16-8-12-19(13-9-16)31-18-6-4-3-5-7-18/h3-15H,1-2H3,(H,29,30). The van der Waals surface area contributed by atoms with E-state index in [1.165, 1.54) is 32.1 Å². The molecule has 0 amide bonds. The molecule has 3 aromatic rings. The van der Waals surface area contributed by atoms with Gasteiger partial charge in [-0.05, 0) is 80.1 Å². The summed E-state index contributed by atoms with van der Waals surface area (Å²) in [4.78, 5) is 23.8. The molecule has 0 heterocycles. The van der Waals surface area contributed by atoms with E-state index in [1.54, 1.807) is 30.3 Å². The smallest absolute Gasteiger partial charge is 0.347 e. The molecule has 7 heteroatoms. The summed E-state index contributed by atoms with van der Waals surface area (Å²) < 4.78 is 11.2. The molecule has 0 bridgehead atoms. The van der Waals surface area contributed by atoms with Crippen LogP contribution in [0.15, 0.2) is 72.8 Å². The lowest BCUT2D eigenvalue weighted by molar-refractivity contribution is -0.152. The van der Waals surface area contributed by atoms with E-state index in [-0.39, 0.29) is 21.6 Å². The van der Waals surface area contributed by atoms with Gasteiger partial charge >= 0.3 is 5.97 Å². The van der Waals surface area contributed by atoms with Gasteiger partial charge in [-0.15, -0.1) is 0 Å². The lowest BCUT2D eigenvalue weighted by Crippen LogP contribution is -2.37. The second kappa shape index (κ2) is 9.90. The lowest BCUT2D eigenvalue weighted by Gasteiger charge is -2.22. The second-order valence-electron chi connectivity index (χ2n) is 7.34. The fraction of sp³-hybridized carbons (Fsp3) is 0.120. The SMILES string of the molecule is CC(C)(Oc1ccc(C=CC(=O)c2ccc(Oc3ccccc3)cc2)c(Cl)c1Cl)C(=O)O. The van der Waals surface area contributed by atoms with Crippen LogP contribution >= 0.6 is 23.2 Å². The van der Waals surface area contributed by atoms with Gasteiger partial charge in [0.1, 0.15) is 22.3 Å². The fourth-order valence-electron chi connectivity index (χ4n) is 2.65. The molecular weight excluding hydrogens is 451 g/mol. The summed E-state index contributed by atoms with van der Waals surface area (Å²) in [5.41, 5.74) is -0.502. The number of ketones is 1. The van der Waals surface area contributed by atoms with Crippen LogP contribution in [0.25, 0.3) is 6.08 Å². The molecule has 0 aromatic heterocycles. The van der Waals surface area contributed by atoms with Crippen LogP contribution in [0.2, 0.25) is 10.0 Å². The van der Waals surface area contributed by atoms with E-state index < -0.39 is 11.6 Å².